The van der Waals surface area contributed by atoms with Crippen LogP contribution in [0, 0.1) is 0 Å². The Balaban J connectivity index is 3.12. The highest BCUT2D eigenvalue weighted by Crippen LogP contribution is 2.23. The summed E-state index contributed by atoms with van der Waals surface area (Å²) in [5.74, 6) is -0.0622. The lowest BCUT2D eigenvalue weighted by Crippen LogP contribution is -2.35. The third-order valence-electron chi connectivity index (χ3n) is 2.50. The Kier molecular flexibility index (Phi) is 4.27. The van der Waals surface area contributed by atoms with Crippen LogP contribution in [0.1, 0.15) is 37.7 Å². The van der Waals surface area contributed by atoms with E-state index in [0.29, 0.717) is 5.69 Å². The van der Waals surface area contributed by atoms with Crippen LogP contribution in [0.25, 0.3) is 0 Å². The summed E-state index contributed by atoms with van der Waals surface area (Å²) in [6, 6.07) is 0. The Bertz CT molecular complexity index is 385. The number of aromatic nitrogens is 2. The molecule has 0 aromatic carbocycles. The SMILES string of the molecule is CCCn1ncc(Br)c1C(=O)C(C)(C)OC. The molecule has 0 aliphatic carbocycles. The first-order chi connectivity index (χ1) is 7.44. The zero-order chi connectivity index (χ0) is 12.3. The summed E-state index contributed by atoms with van der Waals surface area (Å²) >= 11 is 3.35. The molecular formula is C11H17BrN2O2. The third-order valence-corrected chi connectivity index (χ3v) is 3.08. The van der Waals surface area contributed by atoms with E-state index in [1.54, 1.807) is 24.7 Å². The van der Waals surface area contributed by atoms with Crippen molar-refractivity contribution in [2.45, 2.75) is 39.3 Å². The topological polar surface area (TPSA) is 44.1 Å². The first-order valence-corrected chi connectivity index (χ1v) is 6.04. The molecule has 0 atom stereocenters. The summed E-state index contributed by atoms with van der Waals surface area (Å²) in [7, 11) is 1.53. The molecule has 0 unspecified atom stereocenters. The molecule has 0 bridgehead atoms. The van der Waals surface area contributed by atoms with Crippen LogP contribution in [0.3, 0.4) is 0 Å². The Morgan fingerprint density at radius 2 is 2.25 bits per heavy atom. The molecule has 4 nitrogen and oxygen atoms in total. The highest BCUT2D eigenvalue weighted by molar-refractivity contribution is 9.10. The van der Waals surface area contributed by atoms with Gasteiger partial charge in [-0.05, 0) is 36.2 Å². The number of carbonyl (C=O) groups excluding carboxylic acids is 1. The molecule has 0 fully saturated rings. The summed E-state index contributed by atoms with van der Waals surface area (Å²) < 4.78 is 7.63. The number of rotatable bonds is 5. The summed E-state index contributed by atoms with van der Waals surface area (Å²) in [6.07, 6.45) is 2.58. The van der Waals surface area contributed by atoms with Crippen molar-refractivity contribution >= 4 is 21.7 Å². The van der Waals surface area contributed by atoms with Crippen LogP contribution in [-0.2, 0) is 11.3 Å². The second-order valence-electron chi connectivity index (χ2n) is 4.11. The van der Waals surface area contributed by atoms with Crippen LogP contribution in [0.2, 0.25) is 0 Å². The molecule has 0 saturated carbocycles. The zero-order valence-corrected chi connectivity index (χ0v) is 11.7. The quantitative estimate of drug-likeness (QED) is 0.783. The largest absolute Gasteiger partial charge is 0.371 e. The monoisotopic (exact) mass is 288 g/mol. The lowest BCUT2D eigenvalue weighted by molar-refractivity contribution is 0.0217. The van der Waals surface area contributed by atoms with E-state index in [9.17, 15) is 4.79 Å². The number of hydrogen-bond acceptors (Lipinski definition) is 3. The predicted molar refractivity (Wildman–Crippen MR) is 65.6 cm³/mol. The maximum absolute atomic E-state index is 12.3. The van der Waals surface area contributed by atoms with E-state index in [-0.39, 0.29) is 5.78 Å². The second kappa shape index (κ2) is 5.10. The molecule has 1 rings (SSSR count). The molecule has 0 amide bonds. The molecule has 90 valence electrons. The number of aryl methyl sites for hydroxylation is 1. The molecule has 0 aliphatic heterocycles. The minimum atomic E-state index is -0.825. The number of carbonyl (C=O) groups is 1. The van der Waals surface area contributed by atoms with Crippen molar-refractivity contribution in [3.05, 3.63) is 16.4 Å². The number of methoxy groups -OCH3 is 1. The molecule has 1 aromatic rings. The number of nitrogens with zero attached hydrogens (tertiary/aromatic N) is 2. The normalized spacial score (nSPS) is 11.8. The highest BCUT2D eigenvalue weighted by Gasteiger charge is 2.32. The molecule has 0 spiro atoms. The molecular weight excluding hydrogens is 272 g/mol. The first kappa shape index (κ1) is 13.4. The van der Waals surface area contributed by atoms with Gasteiger partial charge in [0.1, 0.15) is 11.3 Å². The summed E-state index contributed by atoms with van der Waals surface area (Å²) in [6.45, 7) is 6.29. The number of ether oxygens (including phenoxy) is 1. The van der Waals surface area contributed by atoms with Crippen molar-refractivity contribution < 1.29 is 9.53 Å². The van der Waals surface area contributed by atoms with Gasteiger partial charge >= 0.3 is 0 Å². The van der Waals surface area contributed by atoms with Crippen molar-refractivity contribution in [1.82, 2.24) is 9.78 Å². The number of halogens is 1. The standard InChI is InChI=1S/C11H17BrN2O2/c1-5-6-14-9(8(12)7-13-14)10(15)11(2,3)16-4/h7H,5-6H2,1-4H3. The van der Waals surface area contributed by atoms with E-state index < -0.39 is 5.60 Å². The second-order valence-corrected chi connectivity index (χ2v) is 4.96. The van der Waals surface area contributed by atoms with Crippen LogP contribution in [0.5, 0.6) is 0 Å². The molecule has 0 N–H and O–H groups in total. The fraction of sp³-hybridized carbons (Fsp3) is 0.636. The molecule has 0 radical (unpaired) electrons. The summed E-state index contributed by atoms with van der Waals surface area (Å²) in [4.78, 5) is 12.3. The summed E-state index contributed by atoms with van der Waals surface area (Å²) in [5.41, 5.74) is -0.248. The van der Waals surface area contributed by atoms with Gasteiger partial charge in [-0.25, -0.2) is 0 Å². The number of hydrogen-bond donors (Lipinski definition) is 0. The molecule has 1 aromatic heterocycles. The average molecular weight is 289 g/mol. The molecule has 5 heteroatoms. The predicted octanol–water partition coefficient (Wildman–Crippen LogP) is 2.66. The fourth-order valence-electron chi connectivity index (χ4n) is 1.35. The van der Waals surface area contributed by atoms with Crippen molar-refractivity contribution in [1.29, 1.82) is 0 Å². The first-order valence-electron chi connectivity index (χ1n) is 5.25. The van der Waals surface area contributed by atoms with Gasteiger partial charge in [0.25, 0.3) is 0 Å². The molecule has 0 saturated heterocycles. The van der Waals surface area contributed by atoms with Crippen molar-refractivity contribution in [2.24, 2.45) is 0 Å². The van der Waals surface area contributed by atoms with Crippen LogP contribution < -0.4 is 0 Å². The van der Waals surface area contributed by atoms with Gasteiger partial charge in [-0.15, -0.1) is 0 Å². The molecule has 1 heterocycles. The van der Waals surface area contributed by atoms with E-state index in [0.717, 1.165) is 17.4 Å². The number of Topliss-reactive ketones (excluding diaryl/α,β-unsaturated/α-hetero) is 1. The molecule has 16 heavy (non-hydrogen) atoms. The van der Waals surface area contributed by atoms with Crippen molar-refractivity contribution in [3.63, 3.8) is 0 Å². The van der Waals surface area contributed by atoms with E-state index >= 15 is 0 Å². The Morgan fingerprint density at radius 3 is 2.75 bits per heavy atom. The van der Waals surface area contributed by atoms with E-state index in [1.807, 2.05) is 6.92 Å². The van der Waals surface area contributed by atoms with Gasteiger partial charge in [-0.1, -0.05) is 6.92 Å². The van der Waals surface area contributed by atoms with Gasteiger partial charge in [0.05, 0.1) is 10.7 Å². The van der Waals surface area contributed by atoms with E-state index in [4.69, 9.17) is 4.74 Å². The minimum Gasteiger partial charge on any atom is -0.371 e. The van der Waals surface area contributed by atoms with Crippen LogP contribution >= 0.6 is 15.9 Å². The minimum absolute atomic E-state index is 0.0622. The summed E-state index contributed by atoms with van der Waals surface area (Å²) in [5, 5.41) is 4.17. The maximum Gasteiger partial charge on any atom is 0.213 e. The number of ketones is 1. The Hall–Kier alpha value is -0.680. The van der Waals surface area contributed by atoms with Gasteiger partial charge in [0.15, 0.2) is 0 Å². The van der Waals surface area contributed by atoms with Gasteiger partial charge in [-0.2, -0.15) is 5.10 Å². The lowest BCUT2D eigenvalue weighted by Gasteiger charge is -2.21. The van der Waals surface area contributed by atoms with Crippen molar-refractivity contribution in [3.8, 4) is 0 Å². The fourth-order valence-corrected chi connectivity index (χ4v) is 1.82. The Morgan fingerprint density at radius 1 is 1.62 bits per heavy atom. The van der Waals surface area contributed by atoms with Gasteiger partial charge in [0, 0.05) is 13.7 Å². The lowest BCUT2D eigenvalue weighted by atomic mass is 10.0. The van der Waals surface area contributed by atoms with Crippen LogP contribution in [0.15, 0.2) is 10.7 Å². The van der Waals surface area contributed by atoms with Crippen LogP contribution in [-0.4, -0.2) is 28.3 Å². The van der Waals surface area contributed by atoms with E-state index in [2.05, 4.69) is 21.0 Å². The molecule has 0 aliphatic rings. The van der Waals surface area contributed by atoms with E-state index in [1.165, 1.54) is 7.11 Å². The van der Waals surface area contributed by atoms with Crippen LogP contribution in [0.4, 0.5) is 0 Å². The zero-order valence-electron chi connectivity index (χ0n) is 10.1. The van der Waals surface area contributed by atoms with Gasteiger partial charge in [0.2, 0.25) is 5.78 Å². The Labute approximate surface area is 104 Å². The highest BCUT2D eigenvalue weighted by atomic mass is 79.9. The smallest absolute Gasteiger partial charge is 0.213 e. The third kappa shape index (κ3) is 2.52. The maximum atomic E-state index is 12.3. The van der Waals surface area contributed by atoms with Gasteiger partial charge < -0.3 is 4.74 Å². The average Bonchev–Trinajstić information content (AvgIpc) is 2.59. The van der Waals surface area contributed by atoms with Gasteiger partial charge in [-0.3, -0.25) is 9.48 Å². The van der Waals surface area contributed by atoms with Crippen molar-refractivity contribution in [2.75, 3.05) is 7.11 Å².